The summed E-state index contributed by atoms with van der Waals surface area (Å²) >= 11 is 0. The number of benzene rings is 2. The largest absolute Gasteiger partial charge is 0.488 e. The minimum atomic E-state index is -1.12. The van der Waals surface area contributed by atoms with Crippen LogP contribution in [0.3, 0.4) is 0 Å². The smallest absolute Gasteiger partial charge is 0.342 e. The summed E-state index contributed by atoms with van der Waals surface area (Å²) in [4.78, 5) is 18.8. The first-order chi connectivity index (χ1) is 19.8. The summed E-state index contributed by atoms with van der Waals surface area (Å²) in [5.41, 5.74) is 7.70. The molecule has 1 aliphatic heterocycles. The van der Waals surface area contributed by atoms with Gasteiger partial charge >= 0.3 is 5.97 Å². The second-order valence-corrected chi connectivity index (χ2v) is 10.5. The van der Waals surface area contributed by atoms with E-state index in [-0.39, 0.29) is 11.4 Å². The van der Waals surface area contributed by atoms with Crippen LogP contribution in [0.15, 0.2) is 54.7 Å². The number of ether oxygens (including phenoxy) is 3. The Balaban J connectivity index is 1.40. The predicted molar refractivity (Wildman–Crippen MR) is 156 cm³/mol. The van der Waals surface area contributed by atoms with Gasteiger partial charge in [-0.25, -0.2) is 9.78 Å². The maximum Gasteiger partial charge on any atom is 0.342 e. The number of hydrogen-bond donors (Lipinski definition) is 1. The molecule has 9 heteroatoms. The van der Waals surface area contributed by atoms with Crippen molar-refractivity contribution in [1.82, 2.24) is 19.7 Å². The Morgan fingerprint density at radius 2 is 1.90 bits per heavy atom. The molecular weight excluding hydrogens is 520 g/mol. The second-order valence-electron chi connectivity index (χ2n) is 10.5. The average Bonchev–Trinajstić information content (AvgIpc) is 3.41. The van der Waals surface area contributed by atoms with Crippen molar-refractivity contribution < 1.29 is 24.1 Å². The number of aromatic nitrogens is 3. The number of para-hydroxylation sites is 1. The van der Waals surface area contributed by atoms with Crippen molar-refractivity contribution in [3.05, 3.63) is 88.1 Å². The zero-order valence-corrected chi connectivity index (χ0v) is 24.2. The monoisotopic (exact) mass is 556 g/mol. The first kappa shape index (κ1) is 28.3. The Bertz CT molecular complexity index is 1560. The maximum absolute atomic E-state index is 11.6. The first-order valence-corrected chi connectivity index (χ1v) is 13.7. The number of hydrogen-bond acceptors (Lipinski definition) is 7. The zero-order valence-electron chi connectivity index (χ0n) is 24.2. The van der Waals surface area contributed by atoms with Gasteiger partial charge in [0, 0.05) is 31.8 Å². The summed E-state index contributed by atoms with van der Waals surface area (Å²) in [7, 11) is 3.17. The molecule has 0 amide bonds. The molecule has 4 aromatic rings. The molecule has 3 heterocycles. The van der Waals surface area contributed by atoms with Crippen LogP contribution in [-0.2, 0) is 24.3 Å². The fourth-order valence-corrected chi connectivity index (χ4v) is 5.51. The fraction of sp³-hybridized carbons (Fsp3) is 0.344. The van der Waals surface area contributed by atoms with Crippen molar-refractivity contribution in [1.29, 1.82) is 0 Å². The molecule has 1 aliphatic rings. The molecule has 0 saturated heterocycles. The minimum absolute atomic E-state index is 0.0307. The summed E-state index contributed by atoms with van der Waals surface area (Å²) in [6.07, 6.45) is 2.26. The lowest BCUT2D eigenvalue weighted by Gasteiger charge is -2.34. The summed E-state index contributed by atoms with van der Waals surface area (Å²) in [5, 5.41) is 13.7. The Morgan fingerprint density at radius 3 is 2.66 bits per heavy atom. The highest BCUT2D eigenvalue weighted by molar-refractivity contribution is 5.90. The quantitative estimate of drug-likeness (QED) is 0.284. The van der Waals surface area contributed by atoms with Crippen molar-refractivity contribution >= 4 is 5.97 Å². The molecule has 2 aromatic heterocycles. The van der Waals surface area contributed by atoms with Gasteiger partial charge in [-0.15, -0.1) is 0 Å². The van der Waals surface area contributed by atoms with Gasteiger partial charge in [0.15, 0.2) is 5.82 Å². The molecule has 0 fully saturated rings. The van der Waals surface area contributed by atoms with Crippen molar-refractivity contribution in [3.63, 3.8) is 0 Å². The third-order valence-corrected chi connectivity index (χ3v) is 7.66. The lowest BCUT2D eigenvalue weighted by molar-refractivity contribution is 0.0693. The maximum atomic E-state index is 11.6. The number of fused-ring (bicyclic) bond motifs is 1. The first-order valence-electron chi connectivity index (χ1n) is 13.7. The van der Waals surface area contributed by atoms with Gasteiger partial charge in [-0.1, -0.05) is 30.3 Å². The topological polar surface area (TPSA) is 98.9 Å². The SMILES string of the molecule is COCC(C)N1CCc2cc(COc3c(C)cccc3-c3cccc(-n4ncc(C(=O)O)c4OC)n3)cc(C)c2C1. The highest BCUT2D eigenvalue weighted by Crippen LogP contribution is 2.34. The predicted octanol–water partition coefficient (Wildman–Crippen LogP) is 5.23. The van der Waals surface area contributed by atoms with Crippen molar-refractivity contribution in [2.24, 2.45) is 0 Å². The molecule has 1 N–H and O–H groups in total. The van der Waals surface area contributed by atoms with Crippen molar-refractivity contribution in [2.45, 2.75) is 46.4 Å². The van der Waals surface area contributed by atoms with Gasteiger partial charge in [0.05, 0.1) is 25.6 Å². The average molecular weight is 557 g/mol. The van der Waals surface area contributed by atoms with Gasteiger partial charge in [-0.05, 0) is 73.2 Å². The normalized spacial score (nSPS) is 14.0. The van der Waals surface area contributed by atoms with Crippen LogP contribution in [-0.4, -0.2) is 64.2 Å². The van der Waals surface area contributed by atoms with E-state index < -0.39 is 5.97 Å². The van der Waals surface area contributed by atoms with Crippen LogP contribution < -0.4 is 9.47 Å². The molecule has 9 nitrogen and oxygen atoms in total. The zero-order chi connectivity index (χ0) is 29.1. The van der Waals surface area contributed by atoms with E-state index in [4.69, 9.17) is 19.2 Å². The Morgan fingerprint density at radius 1 is 1.10 bits per heavy atom. The molecule has 41 heavy (non-hydrogen) atoms. The molecular formula is C32H36N4O5. The third kappa shape index (κ3) is 5.82. The van der Waals surface area contributed by atoms with Gasteiger partial charge in [0.2, 0.25) is 5.88 Å². The van der Waals surface area contributed by atoms with Crippen molar-refractivity contribution in [3.8, 4) is 28.7 Å². The number of carboxylic acids is 1. The van der Waals surface area contributed by atoms with Gasteiger partial charge < -0.3 is 19.3 Å². The summed E-state index contributed by atoms with van der Waals surface area (Å²) in [6.45, 7) is 9.54. The summed E-state index contributed by atoms with van der Waals surface area (Å²) in [6, 6.07) is 16.4. The molecule has 5 rings (SSSR count). The third-order valence-electron chi connectivity index (χ3n) is 7.66. The van der Waals surface area contributed by atoms with E-state index in [0.717, 1.165) is 48.6 Å². The van der Waals surface area contributed by atoms with Crippen molar-refractivity contribution in [2.75, 3.05) is 27.4 Å². The van der Waals surface area contributed by atoms with E-state index in [1.807, 2.05) is 37.3 Å². The molecule has 0 aliphatic carbocycles. The molecule has 2 aromatic carbocycles. The Kier molecular flexibility index (Phi) is 8.37. The summed E-state index contributed by atoms with van der Waals surface area (Å²) < 4.78 is 18.6. The van der Waals surface area contributed by atoms with Gasteiger partial charge in [0.25, 0.3) is 0 Å². The molecule has 0 saturated carbocycles. The molecule has 214 valence electrons. The number of rotatable bonds is 10. The number of aryl methyl sites for hydroxylation is 2. The van der Waals surface area contributed by atoms with Crippen LogP contribution >= 0.6 is 0 Å². The number of pyridine rings is 1. The van der Waals surface area contributed by atoms with Gasteiger partial charge in [-0.3, -0.25) is 4.90 Å². The second kappa shape index (κ2) is 12.1. The van der Waals surface area contributed by atoms with Crippen LogP contribution in [0.2, 0.25) is 0 Å². The van der Waals surface area contributed by atoms with E-state index >= 15 is 0 Å². The standard InChI is InChI=1S/C32H36N4O5/c1-20-8-6-9-25(28-10-7-11-29(34-28)36-31(40-5)26(16-33-36)32(37)38)30(20)41-19-23-14-21(2)27-17-35(22(3)18-39-4)13-12-24(27)15-23/h6-11,14-16,22H,12-13,17-19H2,1-5H3,(H,37,38). The molecule has 1 unspecified atom stereocenters. The lowest BCUT2D eigenvalue weighted by Crippen LogP contribution is -2.40. The molecule has 0 spiro atoms. The Labute approximate surface area is 240 Å². The Hall–Kier alpha value is -4.21. The van der Waals surface area contributed by atoms with E-state index in [0.29, 0.717) is 24.2 Å². The molecule has 1 atom stereocenters. The number of methoxy groups -OCH3 is 2. The highest BCUT2D eigenvalue weighted by Gasteiger charge is 2.23. The van der Waals surface area contributed by atoms with E-state index in [1.54, 1.807) is 13.2 Å². The highest BCUT2D eigenvalue weighted by atomic mass is 16.5. The fourth-order valence-electron chi connectivity index (χ4n) is 5.51. The minimum Gasteiger partial charge on any atom is -0.488 e. The van der Waals surface area contributed by atoms with Crippen LogP contribution in [0.25, 0.3) is 17.1 Å². The van der Waals surface area contributed by atoms with E-state index in [1.165, 1.54) is 34.7 Å². The lowest BCUT2D eigenvalue weighted by atomic mass is 9.92. The molecule has 0 bridgehead atoms. The van der Waals surface area contributed by atoms with Crippen LogP contribution in [0.4, 0.5) is 0 Å². The number of aromatic carboxylic acids is 1. The van der Waals surface area contributed by atoms with E-state index in [9.17, 15) is 9.90 Å². The van der Waals surface area contributed by atoms with Gasteiger partial charge in [0.1, 0.15) is 17.9 Å². The number of carboxylic acid groups (broad SMARTS) is 1. The van der Waals surface area contributed by atoms with Gasteiger partial charge in [-0.2, -0.15) is 9.78 Å². The van der Waals surface area contributed by atoms with Crippen LogP contribution in [0.1, 0.15) is 45.1 Å². The van der Waals surface area contributed by atoms with E-state index in [2.05, 4.69) is 36.0 Å². The molecule has 0 radical (unpaired) electrons. The number of carbonyl (C=O) groups is 1. The summed E-state index contributed by atoms with van der Waals surface area (Å²) in [5.74, 6) is 0.195. The van der Waals surface area contributed by atoms with Crippen LogP contribution in [0.5, 0.6) is 11.6 Å². The van der Waals surface area contributed by atoms with Crippen LogP contribution in [0, 0.1) is 13.8 Å². The number of nitrogens with zero attached hydrogens (tertiary/aromatic N) is 4.